The van der Waals surface area contributed by atoms with Crippen LogP contribution in [-0.2, 0) is 0 Å². The van der Waals surface area contributed by atoms with Gasteiger partial charge in [-0.15, -0.1) is 0 Å². The van der Waals surface area contributed by atoms with Gasteiger partial charge in [-0.3, -0.25) is 9.98 Å². The van der Waals surface area contributed by atoms with Crippen LogP contribution in [0.3, 0.4) is 0 Å². The molecule has 0 unspecified atom stereocenters. The molecule has 3 nitrogen and oxygen atoms in total. The second kappa shape index (κ2) is 6.66. The van der Waals surface area contributed by atoms with Crippen LogP contribution < -0.4 is 5.32 Å². The molecule has 3 heteroatoms. The number of pyridine rings is 1. The zero-order valence-electron chi connectivity index (χ0n) is 16.6. The number of aryl methyl sites for hydroxylation is 1. The molecule has 0 bridgehead atoms. The first-order chi connectivity index (χ1) is 13.0. The van der Waals surface area contributed by atoms with E-state index >= 15 is 0 Å². The fraction of sp³-hybridized carbons (Fsp3) is 0.250. The molecule has 0 spiro atoms. The third kappa shape index (κ3) is 2.84. The second-order valence-electron chi connectivity index (χ2n) is 7.33. The van der Waals surface area contributed by atoms with Gasteiger partial charge in [0.2, 0.25) is 0 Å². The van der Waals surface area contributed by atoms with E-state index < -0.39 is 0 Å². The van der Waals surface area contributed by atoms with E-state index in [1.165, 1.54) is 44.3 Å². The van der Waals surface area contributed by atoms with Crippen molar-refractivity contribution in [1.29, 1.82) is 0 Å². The number of nitrogens with zero attached hydrogens (tertiary/aromatic N) is 2. The predicted molar refractivity (Wildman–Crippen MR) is 117 cm³/mol. The van der Waals surface area contributed by atoms with Crippen LogP contribution >= 0.6 is 0 Å². The standard InChI is InChI=1S/C24H25N3/c1-14-8-9-21-19(7-6-10-26-21)24(14)20-11-18(12-22(25-5)16(20)3)23-15(2)13-27-17(23)4/h6-12,25H,13H2,1-5H3. The normalized spacial score (nSPS) is 14.0. The van der Waals surface area contributed by atoms with Crippen molar-refractivity contribution in [3.63, 3.8) is 0 Å². The van der Waals surface area contributed by atoms with Crippen LogP contribution in [0.1, 0.15) is 30.5 Å². The van der Waals surface area contributed by atoms with Crippen LogP contribution in [0.2, 0.25) is 0 Å². The molecule has 2 heterocycles. The van der Waals surface area contributed by atoms with Crippen LogP contribution in [-0.4, -0.2) is 24.3 Å². The van der Waals surface area contributed by atoms with E-state index in [0.717, 1.165) is 23.5 Å². The molecule has 4 rings (SSSR count). The van der Waals surface area contributed by atoms with Crippen molar-refractivity contribution in [2.75, 3.05) is 18.9 Å². The Kier molecular flexibility index (Phi) is 4.31. The summed E-state index contributed by atoms with van der Waals surface area (Å²) < 4.78 is 0. The van der Waals surface area contributed by atoms with Gasteiger partial charge in [0, 0.05) is 35.6 Å². The summed E-state index contributed by atoms with van der Waals surface area (Å²) in [7, 11) is 1.99. The Morgan fingerprint density at radius 1 is 1.00 bits per heavy atom. The highest BCUT2D eigenvalue weighted by atomic mass is 14.8. The SMILES string of the molecule is CNc1cc(C2=C(C)CN=C2C)cc(-c2c(C)ccc3ncccc23)c1C. The van der Waals surface area contributed by atoms with Gasteiger partial charge in [0.05, 0.1) is 12.1 Å². The summed E-state index contributed by atoms with van der Waals surface area (Å²) in [5, 5.41) is 4.58. The van der Waals surface area contributed by atoms with Gasteiger partial charge in [-0.05, 0) is 85.4 Å². The Labute approximate surface area is 160 Å². The van der Waals surface area contributed by atoms with Gasteiger partial charge in [-0.25, -0.2) is 0 Å². The van der Waals surface area contributed by atoms with Crippen molar-refractivity contribution in [3.05, 3.63) is 64.9 Å². The van der Waals surface area contributed by atoms with Gasteiger partial charge in [-0.1, -0.05) is 12.1 Å². The fourth-order valence-electron chi connectivity index (χ4n) is 4.16. The molecule has 27 heavy (non-hydrogen) atoms. The Balaban J connectivity index is 2.05. The summed E-state index contributed by atoms with van der Waals surface area (Å²) in [5.41, 5.74) is 12.2. The minimum atomic E-state index is 0.802. The largest absolute Gasteiger partial charge is 0.388 e. The Bertz CT molecular complexity index is 1120. The molecule has 3 aromatic rings. The summed E-state index contributed by atoms with van der Waals surface area (Å²) in [6, 6.07) is 13.0. The van der Waals surface area contributed by atoms with Crippen molar-refractivity contribution < 1.29 is 0 Å². The fourth-order valence-corrected chi connectivity index (χ4v) is 4.16. The van der Waals surface area contributed by atoms with Crippen molar-refractivity contribution in [3.8, 4) is 11.1 Å². The lowest BCUT2D eigenvalue weighted by Crippen LogP contribution is -2.01. The number of allylic oxidation sites excluding steroid dienone is 1. The lowest BCUT2D eigenvalue weighted by molar-refractivity contribution is 1.18. The maximum Gasteiger partial charge on any atom is 0.0708 e. The molecule has 0 saturated heterocycles. The van der Waals surface area contributed by atoms with Gasteiger partial charge in [0.15, 0.2) is 0 Å². The lowest BCUT2D eigenvalue weighted by atomic mass is 9.88. The van der Waals surface area contributed by atoms with E-state index in [4.69, 9.17) is 0 Å². The Hall–Kier alpha value is -2.94. The molecule has 1 N–H and O–H groups in total. The molecule has 136 valence electrons. The summed E-state index contributed by atoms with van der Waals surface area (Å²) in [6.45, 7) is 9.46. The number of benzene rings is 2. The van der Waals surface area contributed by atoms with Crippen molar-refractivity contribution >= 4 is 27.9 Å². The average molecular weight is 355 g/mol. The molecular formula is C24H25N3. The third-order valence-corrected chi connectivity index (χ3v) is 5.57. The molecule has 0 radical (unpaired) electrons. The number of aliphatic imine (C=N–C) groups is 1. The van der Waals surface area contributed by atoms with Gasteiger partial charge in [0.1, 0.15) is 0 Å². The maximum absolute atomic E-state index is 4.63. The predicted octanol–water partition coefficient (Wildman–Crippen LogP) is 5.81. The van der Waals surface area contributed by atoms with Crippen LogP contribution in [0.4, 0.5) is 5.69 Å². The molecule has 0 atom stereocenters. The number of fused-ring (bicyclic) bond motifs is 1. The molecule has 0 amide bonds. The van der Waals surface area contributed by atoms with Crippen molar-refractivity contribution in [1.82, 2.24) is 4.98 Å². The molecule has 2 aromatic carbocycles. The first-order valence-electron chi connectivity index (χ1n) is 9.40. The van der Waals surface area contributed by atoms with Gasteiger partial charge in [0.25, 0.3) is 0 Å². The number of rotatable bonds is 3. The zero-order chi connectivity index (χ0) is 19.1. The van der Waals surface area contributed by atoms with E-state index in [9.17, 15) is 0 Å². The van der Waals surface area contributed by atoms with Gasteiger partial charge < -0.3 is 5.32 Å². The highest BCUT2D eigenvalue weighted by Crippen LogP contribution is 2.39. The van der Waals surface area contributed by atoms with E-state index in [1.807, 2.05) is 19.3 Å². The highest BCUT2D eigenvalue weighted by Gasteiger charge is 2.19. The van der Waals surface area contributed by atoms with Crippen LogP contribution in [0.15, 0.2) is 53.2 Å². The number of nitrogens with one attached hydrogen (secondary N) is 1. The summed E-state index contributed by atoms with van der Waals surface area (Å²) >= 11 is 0. The van der Waals surface area contributed by atoms with Crippen molar-refractivity contribution in [2.24, 2.45) is 4.99 Å². The Morgan fingerprint density at radius 3 is 2.52 bits per heavy atom. The molecule has 0 aliphatic carbocycles. The van der Waals surface area contributed by atoms with Crippen LogP contribution in [0.25, 0.3) is 27.6 Å². The first kappa shape index (κ1) is 17.5. The molecular weight excluding hydrogens is 330 g/mol. The monoisotopic (exact) mass is 355 g/mol. The molecule has 0 fully saturated rings. The minimum absolute atomic E-state index is 0.802. The maximum atomic E-state index is 4.63. The summed E-state index contributed by atoms with van der Waals surface area (Å²) in [6.07, 6.45) is 1.86. The van der Waals surface area contributed by atoms with Crippen molar-refractivity contribution in [2.45, 2.75) is 27.7 Å². The van der Waals surface area contributed by atoms with Gasteiger partial charge >= 0.3 is 0 Å². The lowest BCUT2D eigenvalue weighted by Gasteiger charge is -2.19. The van der Waals surface area contributed by atoms with Crippen LogP contribution in [0.5, 0.6) is 0 Å². The van der Waals surface area contributed by atoms with E-state index in [2.05, 4.69) is 73.3 Å². The number of hydrogen-bond acceptors (Lipinski definition) is 3. The van der Waals surface area contributed by atoms with E-state index in [1.54, 1.807) is 0 Å². The third-order valence-electron chi connectivity index (χ3n) is 5.57. The minimum Gasteiger partial charge on any atom is -0.388 e. The topological polar surface area (TPSA) is 37.3 Å². The molecule has 1 aliphatic heterocycles. The van der Waals surface area contributed by atoms with E-state index in [-0.39, 0.29) is 0 Å². The summed E-state index contributed by atoms with van der Waals surface area (Å²) in [4.78, 5) is 9.20. The van der Waals surface area contributed by atoms with E-state index in [0.29, 0.717) is 0 Å². The smallest absolute Gasteiger partial charge is 0.0708 e. The average Bonchev–Trinajstić information content (AvgIpc) is 3.01. The number of aromatic nitrogens is 1. The second-order valence-corrected chi connectivity index (χ2v) is 7.33. The molecule has 1 aromatic heterocycles. The van der Waals surface area contributed by atoms with Gasteiger partial charge in [-0.2, -0.15) is 0 Å². The first-order valence-corrected chi connectivity index (χ1v) is 9.40. The quantitative estimate of drug-likeness (QED) is 0.644. The number of anilines is 1. The Morgan fingerprint density at radius 2 is 1.81 bits per heavy atom. The zero-order valence-corrected chi connectivity index (χ0v) is 16.6. The molecule has 0 saturated carbocycles. The highest BCUT2D eigenvalue weighted by molar-refractivity contribution is 6.25. The summed E-state index contributed by atoms with van der Waals surface area (Å²) in [5.74, 6) is 0. The number of hydrogen-bond donors (Lipinski definition) is 1. The molecule has 1 aliphatic rings. The van der Waals surface area contributed by atoms with Crippen LogP contribution in [0, 0.1) is 13.8 Å².